The Labute approximate surface area is 97.3 Å². The summed E-state index contributed by atoms with van der Waals surface area (Å²) in [7, 11) is 0. The fraction of sp³-hybridized carbons (Fsp3) is 0.333. The Morgan fingerprint density at radius 3 is 2.73 bits per heavy atom. The molecule has 0 spiro atoms. The summed E-state index contributed by atoms with van der Waals surface area (Å²) in [5, 5.41) is 0. The van der Waals surface area contributed by atoms with E-state index in [9.17, 15) is 0 Å². The van der Waals surface area contributed by atoms with Gasteiger partial charge in [-0.2, -0.15) is 0 Å². The molecule has 0 atom stereocenters. The van der Waals surface area contributed by atoms with Crippen molar-refractivity contribution in [2.24, 2.45) is 0 Å². The Bertz CT molecular complexity index is 534. The molecule has 2 aromatic rings. The third-order valence-electron chi connectivity index (χ3n) is 2.91. The van der Waals surface area contributed by atoms with Crippen LogP contribution in [0.2, 0.25) is 0 Å². The highest BCUT2D eigenvalue weighted by molar-refractivity contribution is 7.22. The molecule has 0 saturated carbocycles. The van der Waals surface area contributed by atoms with Gasteiger partial charge in [0.25, 0.3) is 0 Å². The van der Waals surface area contributed by atoms with Gasteiger partial charge in [-0.15, -0.1) is 22.7 Å². The van der Waals surface area contributed by atoms with Crippen molar-refractivity contribution in [2.75, 3.05) is 0 Å². The molecule has 3 heteroatoms. The second-order valence-electron chi connectivity index (χ2n) is 3.93. The van der Waals surface area contributed by atoms with Crippen LogP contribution in [0.5, 0.6) is 5.75 Å². The Balaban J connectivity index is 2.29. The first kappa shape index (κ1) is 9.43. The van der Waals surface area contributed by atoms with E-state index >= 15 is 0 Å². The van der Waals surface area contributed by atoms with Gasteiger partial charge >= 0.3 is 0 Å². The Hall–Kier alpha value is -0.800. The average molecular weight is 236 g/mol. The second-order valence-corrected chi connectivity index (χ2v) is 6.41. The molecule has 2 aromatic heterocycles. The number of aryl methyl sites for hydroxylation is 2. The lowest BCUT2D eigenvalue weighted by Crippen LogP contribution is -2.01. The van der Waals surface area contributed by atoms with Crippen LogP contribution in [-0.2, 0) is 6.61 Å². The van der Waals surface area contributed by atoms with Gasteiger partial charge in [-0.1, -0.05) is 0 Å². The van der Waals surface area contributed by atoms with Crippen molar-refractivity contribution >= 4 is 22.7 Å². The molecule has 0 N–H and O–H groups in total. The van der Waals surface area contributed by atoms with Gasteiger partial charge in [0.15, 0.2) is 0 Å². The summed E-state index contributed by atoms with van der Waals surface area (Å²) >= 11 is 3.74. The minimum Gasteiger partial charge on any atom is -0.487 e. The zero-order chi connectivity index (χ0) is 10.6. The molecule has 0 aromatic carbocycles. The van der Waals surface area contributed by atoms with Crippen LogP contribution in [0, 0.1) is 20.8 Å². The molecule has 0 unspecified atom stereocenters. The minimum atomic E-state index is 0.745. The molecular weight excluding hydrogens is 224 g/mol. The third kappa shape index (κ3) is 1.26. The normalized spacial score (nSPS) is 13.3. The number of hydrogen-bond donors (Lipinski definition) is 0. The van der Waals surface area contributed by atoms with E-state index in [0.717, 1.165) is 12.4 Å². The summed E-state index contributed by atoms with van der Waals surface area (Å²) in [6.07, 6.45) is 0. The number of thiophene rings is 2. The fourth-order valence-corrected chi connectivity index (χ4v) is 4.22. The fourth-order valence-electron chi connectivity index (χ4n) is 1.94. The maximum atomic E-state index is 5.78. The predicted octanol–water partition coefficient (Wildman–Crippen LogP) is 4.29. The summed E-state index contributed by atoms with van der Waals surface area (Å²) < 4.78 is 5.78. The number of fused-ring (bicyclic) bond motifs is 3. The van der Waals surface area contributed by atoms with Crippen LogP contribution in [0.15, 0.2) is 6.07 Å². The smallest absolute Gasteiger partial charge is 0.139 e. The number of rotatable bonds is 0. The highest BCUT2D eigenvalue weighted by atomic mass is 32.1. The molecular formula is C12H12OS2. The van der Waals surface area contributed by atoms with Gasteiger partial charge in [-0.3, -0.25) is 0 Å². The van der Waals surface area contributed by atoms with Crippen LogP contribution < -0.4 is 4.74 Å². The summed E-state index contributed by atoms with van der Waals surface area (Å²) in [6, 6.07) is 2.15. The topological polar surface area (TPSA) is 9.23 Å². The van der Waals surface area contributed by atoms with E-state index in [0.29, 0.717) is 0 Å². The molecule has 0 aliphatic carbocycles. The SMILES string of the molecule is Cc1cc2c(s1)-c1sc(C)c(C)c1CO2. The van der Waals surface area contributed by atoms with Gasteiger partial charge in [0, 0.05) is 15.3 Å². The first-order chi connectivity index (χ1) is 7.16. The third-order valence-corrected chi connectivity index (χ3v) is 5.35. The monoisotopic (exact) mass is 236 g/mol. The molecule has 3 heterocycles. The second kappa shape index (κ2) is 3.09. The number of ether oxygens (including phenoxy) is 1. The minimum absolute atomic E-state index is 0.745. The van der Waals surface area contributed by atoms with Crippen LogP contribution in [-0.4, -0.2) is 0 Å². The molecule has 15 heavy (non-hydrogen) atoms. The van der Waals surface area contributed by atoms with Crippen LogP contribution in [0.25, 0.3) is 9.75 Å². The Morgan fingerprint density at radius 1 is 1.13 bits per heavy atom. The quantitative estimate of drug-likeness (QED) is 0.663. The highest BCUT2D eigenvalue weighted by Crippen LogP contribution is 2.48. The summed E-state index contributed by atoms with van der Waals surface area (Å²) in [6.45, 7) is 7.27. The van der Waals surface area contributed by atoms with E-state index in [-0.39, 0.29) is 0 Å². The van der Waals surface area contributed by atoms with Gasteiger partial charge in [0.05, 0.1) is 9.75 Å². The Kier molecular flexibility index (Phi) is 1.94. The average Bonchev–Trinajstić information content (AvgIpc) is 2.69. The van der Waals surface area contributed by atoms with Gasteiger partial charge in [0.2, 0.25) is 0 Å². The van der Waals surface area contributed by atoms with E-state index in [1.165, 1.54) is 30.6 Å². The van der Waals surface area contributed by atoms with Crippen molar-refractivity contribution in [3.05, 3.63) is 26.9 Å². The molecule has 1 aliphatic rings. The molecule has 1 nitrogen and oxygen atoms in total. The molecule has 78 valence electrons. The zero-order valence-electron chi connectivity index (χ0n) is 9.01. The van der Waals surface area contributed by atoms with Crippen molar-refractivity contribution in [3.8, 4) is 15.5 Å². The van der Waals surface area contributed by atoms with Crippen LogP contribution in [0.1, 0.15) is 20.9 Å². The lowest BCUT2D eigenvalue weighted by Gasteiger charge is -2.14. The van der Waals surface area contributed by atoms with Gasteiger partial charge in [-0.25, -0.2) is 0 Å². The zero-order valence-corrected chi connectivity index (χ0v) is 10.6. The summed E-state index contributed by atoms with van der Waals surface area (Å²) in [4.78, 5) is 5.51. The van der Waals surface area contributed by atoms with E-state index < -0.39 is 0 Å². The van der Waals surface area contributed by atoms with Crippen molar-refractivity contribution in [3.63, 3.8) is 0 Å². The van der Waals surface area contributed by atoms with E-state index in [1.54, 1.807) is 0 Å². The molecule has 0 amide bonds. The molecule has 3 rings (SSSR count). The van der Waals surface area contributed by atoms with Crippen molar-refractivity contribution in [1.82, 2.24) is 0 Å². The van der Waals surface area contributed by atoms with Gasteiger partial charge in [0.1, 0.15) is 12.4 Å². The first-order valence-corrected chi connectivity index (χ1v) is 6.62. The van der Waals surface area contributed by atoms with Gasteiger partial charge in [-0.05, 0) is 32.4 Å². The van der Waals surface area contributed by atoms with E-state index in [2.05, 4.69) is 26.8 Å². The van der Waals surface area contributed by atoms with Crippen molar-refractivity contribution < 1.29 is 4.74 Å². The molecule has 0 saturated heterocycles. The first-order valence-electron chi connectivity index (χ1n) is 4.99. The number of hydrogen-bond acceptors (Lipinski definition) is 3. The largest absolute Gasteiger partial charge is 0.487 e. The van der Waals surface area contributed by atoms with E-state index in [1.807, 2.05) is 22.7 Å². The van der Waals surface area contributed by atoms with Gasteiger partial charge < -0.3 is 4.74 Å². The molecule has 0 radical (unpaired) electrons. The van der Waals surface area contributed by atoms with Crippen LogP contribution >= 0.6 is 22.7 Å². The molecule has 1 aliphatic heterocycles. The van der Waals surface area contributed by atoms with Crippen molar-refractivity contribution in [1.29, 1.82) is 0 Å². The highest BCUT2D eigenvalue weighted by Gasteiger charge is 2.24. The lowest BCUT2D eigenvalue weighted by molar-refractivity contribution is 0.304. The van der Waals surface area contributed by atoms with Crippen molar-refractivity contribution in [2.45, 2.75) is 27.4 Å². The van der Waals surface area contributed by atoms with Crippen LogP contribution in [0.4, 0.5) is 0 Å². The Morgan fingerprint density at radius 2 is 1.93 bits per heavy atom. The maximum Gasteiger partial charge on any atom is 0.139 e. The van der Waals surface area contributed by atoms with Crippen LogP contribution in [0.3, 0.4) is 0 Å². The predicted molar refractivity (Wildman–Crippen MR) is 66.2 cm³/mol. The lowest BCUT2D eigenvalue weighted by atomic mass is 10.1. The standard InChI is InChI=1S/C12H12OS2/c1-6-4-10-12(14-6)11-9(5-13-10)7(2)8(3)15-11/h4H,5H2,1-3H3. The molecule has 0 bridgehead atoms. The molecule has 0 fully saturated rings. The maximum absolute atomic E-state index is 5.78. The van der Waals surface area contributed by atoms with E-state index in [4.69, 9.17) is 4.74 Å². The summed E-state index contributed by atoms with van der Waals surface area (Å²) in [5.74, 6) is 1.08. The summed E-state index contributed by atoms with van der Waals surface area (Å²) in [5.41, 5.74) is 2.80.